The molecule has 0 radical (unpaired) electrons. The van der Waals surface area contributed by atoms with E-state index in [1.807, 2.05) is 30.3 Å². The molecule has 0 atom stereocenters. The highest BCUT2D eigenvalue weighted by atomic mass is 32.2. The number of benzene rings is 2. The van der Waals surface area contributed by atoms with Crippen LogP contribution in [-0.2, 0) is 37.0 Å². The highest BCUT2D eigenvalue weighted by Gasteiger charge is 2.22. The van der Waals surface area contributed by atoms with Gasteiger partial charge >= 0.3 is 0 Å². The lowest BCUT2D eigenvalue weighted by molar-refractivity contribution is -0.132. The van der Waals surface area contributed by atoms with Crippen LogP contribution in [0.5, 0.6) is 0 Å². The van der Waals surface area contributed by atoms with E-state index in [2.05, 4.69) is 10.2 Å². The van der Waals surface area contributed by atoms with E-state index in [1.165, 1.54) is 17.5 Å². The van der Waals surface area contributed by atoms with Crippen LogP contribution in [0.1, 0.15) is 24.0 Å². The third kappa shape index (κ3) is 5.95. The van der Waals surface area contributed by atoms with Crippen molar-refractivity contribution in [1.29, 1.82) is 0 Å². The standard InChI is InChI=1S/C25H31N3O5S/c1-27(18-24(29)26-21-6-8-22(9-7-21)28-12-14-33-15-13-28)25(30)11-16-34(31,32)23-10-5-19-3-2-4-20(19)17-23/h5-10,17H,2-4,11-16,18H2,1H3,(H,26,29). The van der Waals surface area contributed by atoms with Gasteiger partial charge in [-0.05, 0) is 66.8 Å². The maximum atomic E-state index is 12.7. The number of amides is 2. The zero-order chi connectivity index (χ0) is 24.1. The minimum atomic E-state index is -3.56. The molecule has 4 rings (SSSR count). The number of nitrogens with one attached hydrogen (secondary N) is 1. The van der Waals surface area contributed by atoms with E-state index in [1.54, 1.807) is 12.1 Å². The zero-order valence-electron chi connectivity index (χ0n) is 19.5. The molecule has 2 aliphatic rings. The molecule has 0 bridgehead atoms. The number of ether oxygens (including phenoxy) is 1. The van der Waals surface area contributed by atoms with Crippen molar-refractivity contribution in [2.24, 2.45) is 0 Å². The van der Waals surface area contributed by atoms with Gasteiger partial charge in [0.1, 0.15) is 0 Å². The summed E-state index contributed by atoms with van der Waals surface area (Å²) in [5.74, 6) is -1.00. The number of fused-ring (bicyclic) bond motifs is 1. The largest absolute Gasteiger partial charge is 0.378 e. The van der Waals surface area contributed by atoms with Crippen molar-refractivity contribution < 1.29 is 22.7 Å². The number of carbonyl (C=O) groups excluding carboxylic acids is 2. The Kier molecular flexibility index (Phi) is 7.53. The molecular weight excluding hydrogens is 454 g/mol. The number of nitrogens with zero attached hydrogens (tertiary/aromatic N) is 2. The Labute approximate surface area is 200 Å². The fourth-order valence-corrected chi connectivity index (χ4v) is 5.63. The Balaban J connectivity index is 1.25. The van der Waals surface area contributed by atoms with E-state index in [0.29, 0.717) is 18.9 Å². The number of sulfone groups is 1. The van der Waals surface area contributed by atoms with E-state index in [0.717, 1.165) is 43.6 Å². The van der Waals surface area contributed by atoms with Crippen LogP contribution in [0, 0.1) is 0 Å². The average molecular weight is 486 g/mol. The molecule has 1 fully saturated rings. The third-order valence-electron chi connectivity index (χ3n) is 6.35. The normalized spacial score (nSPS) is 15.6. The molecular formula is C25H31N3O5S. The Morgan fingerprint density at radius 3 is 2.47 bits per heavy atom. The first-order valence-corrected chi connectivity index (χ1v) is 13.3. The maximum Gasteiger partial charge on any atom is 0.243 e. The van der Waals surface area contributed by atoms with Crippen LogP contribution in [0.4, 0.5) is 11.4 Å². The Morgan fingerprint density at radius 2 is 1.74 bits per heavy atom. The van der Waals surface area contributed by atoms with Crippen molar-refractivity contribution >= 4 is 33.0 Å². The zero-order valence-corrected chi connectivity index (χ0v) is 20.3. The van der Waals surface area contributed by atoms with Crippen molar-refractivity contribution in [3.05, 3.63) is 53.6 Å². The second kappa shape index (κ2) is 10.6. The van der Waals surface area contributed by atoms with Gasteiger partial charge in [-0.25, -0.2) is 8.42 Å². The molecule has 2 aromatic carbocycles. The first-order valence-electron chi connectivity index (χ1n) is 11.6. The minimum absolute atomic E-state index is 0.150. The quantitative estimate of drug-likeness (QED) is 0.616. The van der Waals surface area contributed by atoms with Crippen LogP contribution in [0.2, 0.25) is 0 Å². The van der Waals surface area contributed by atoms with Gasteiger partial charge < -0.3 is 19.9 Å². The molecule has 34 heavy (non-hydrogen) atoms. The molecule has 1 heterocycles. The summed E-state index contributed by atoms with van der Waals surface area (Å²) in [6.07, 6.45) is 2.75. The Morgan fingerprint density at radius 1 is 1.03 bits per heavy atom. The fourth-order valence-electron chi connectivity index (χ4n) is 4.35. The molecule has 0 spiro atoms. The fraction of sp³-hybridized carbons (Fsp3) is 0.440. The third-order valence-corrected chi connectivity index (χ3v) is 8.06. The molecule has 1 N–H and O–H groups in total. The molecule has 0 saturated carbocycles. The summed E-state index contributed by atoms with van der Waals surface area (Å²) in [4.78, 5) is 28.6. The molecule has 9 heteroatoms. The second-order valence-corrected chi connectivity index (χ2v) is 10.9. The summed E-state index contributed by atoms with van der Waals surface area (Å²) in [6, 6.07) is 12.8. The smallest absolute Gasteiger partial charge is 0.243 e. The number of morpholine rings is 1. The molecule has 2 amide bonds. The summed E-state index contributed by atoms with van der Waals surface area (Å²) >= 11 is 0. The van der Waals surface area contributed by atoms with Gasteiger partial charge in [0.2, 0.25) is 11.8 Å². The van der Waals surface area contributed by atoms with Gasteiger partial charge in [0.25, 0.3) is 0 Å². The van der Waals surface area contributed by atoms with Crippen LogP contribution < -0.4 is 10.2 Å². The lowest BCUT2D eigenvalue weighted by Gasteiger charge is -2.28. The average Bonchev–Trinajstić information content (AvgIpc) is 3.31. The topological polar surface area (TPSA) is 96.0 Å². The number of carbonyl (C=O) groups is 2. The van der Waals surface area contributed by atoms with E-state index in [4.69, 9.17) is 4.74 Å². The van der Waals surface area contributed by atoms with Gasteiger partial charge in [0.15, 0.2) is 9.84 Å². The highest BCUT2D eigenvalue weighted by molar-refractivity contribution is 7.91. The molecule has 0 aromatic heterocycles. The van der Waals surface area contributed by atoms with Gasteiger partial charge in [0.05, 0.1) is 30.4 Å². The minimum Gasteiger partial charge on any atom is -0.378 e. The SMILES string of the molecule is CN(CC(=O)Nc1ccc(N2CCOCC2)cc1)C(=O)CCS(=O)(=O)c1ccc2c(c1)CCC2. The van der Waals surface area contributed by atoms with Crippen LogP contribution in [0.3, 0.4) is 0 Å². The van der Waals surface area contributed by atoms with Crippen LogP contribution in [-0.4, -0.2) is 70.8 Å². The number of likely N-dealkylation sites (N-methyl/N-ethyl adjacent to an activating group) is 1. The van der Waals surface area contributed by atoms with E-state index in [9.17, 15) is 18.0 Å². The van der Waals surface area contributed by atoms with E-state index >= 15 is 0 Å². The molecule has 1 saturated heterocycles. The summed E-state index contributed by atoms with van der Waals surface area (Å²) in [7, 11) is -2.06. The first-order chi connectivity index (χ1) is 16.3. The van der Waals surface area contributed by atoms with Gasteiger partial charge in [-0.1, -0.05) is 6.07 Å². The molecule has 1 aliphatic carbocycles. The van der Waals surface area contributed by atoms with Crippen molar-refractivity contribution in [1.82, 2.24) is 4.90 Å². The van der Waals surface area contributed by atoms with Gasteiger partial charge in [-0.2, -0.15) is 0 Å². The Bertz CT molecular complexity index is 1140. The lowest BCUT2D eigenvalue weighted by Crippen LogP contribution is -2.36. The van der Waals surface area contributed by atoms with E-state index < -0.39 is 9.84 Å². The monoisotopic (exact) mass is 485 g/mol. The van der Waals surface area contributed by atoms with Crippen molar-refractivity contribution in [3.8, 4) is 0 Å². The summed E-state index contributed by atoms with van der Waals surface area (Å²) in [5.41, 5.74) is 4.00. The van der Waals surface area contributed by atoms with Gasteiger partial charge in [0, 0.05) is 37.9 Å². The first kappa shape index (κ1) is 24.2. The lowest BCUT2D eigenvalue weighted by atomic mass is 10.1. The van der Waals surface area contributed by atoms with Crippen molar-refractivity contribution in [2.75, 3.05) is 55.9 Å². The predicted octanol–water partition coefficient (Wildman–Crippen LogP) is 2.27. The summed E-state index contributed by atoms with van der Waals surface area (Å²) < 4.78 is 30.8. The molecule has 1 aliphatic heterocycles. The summed E-state index contributed by atoms with van der Waals surface area (Å²) in [6.45, 7) is 2.92. The van der Waals surface area contributed by atoms with Crippen molar-refractivity contribution in [2.45, 2.75) is 30.6 Å². The molecule has 0 unspecified atom stereocenters. The molecule has 2 aromatic rings. The van der Waals surface area contributed by atoms with Crippen LogP contribution in [0.15, 0.2) is 47.4 Å². The number of aryl methyl sites for hydroxylation is 2. The van der Waals surface area contributed by atoms with Crippen LogP contribution >= 0.6 is 0 Å². The predicted molar refractivity (Wildman–Crippen MR) is 131 cm³/mol. The highest BCUT2D eigenvalue weighted by Crippen LogP contribution is 2.25. The number of anilines is 2. The van der Waals surface area contributed by atoms with Crippen LogP contribution in [0.25, 0.3) is 0 Å². The molecule has 182 valence electrons. The van der Waals surface area contributed by atoms with Gasteiger partial charge in [-0.15, -0.1) is 0 Å². The number of hydrogen-bond donors (Lipinski definition) is 1. The van der Waals surface area contributed by atoms with Crippen molar-refractivity contribution in [3.63, 3.8) is 0 Å². The number of rotatable bonds is 8. The maximum absolute atomic E-state index is 12.7. The summed E-state index contributed by atoms with van der Waals surface area (Å²) in [5, 5.41) is 2.79. The number of hydrogen-bond acceptors (Lipinski definition) is 6. The Hall–Kier alpha value is -2.91. The van der Waals surface area contributed by atoms with Gasteiger partial charge in [-0.3, -0.25) is 9.59 Å². The molecule has 8 nitrogen and oxygen atoms in total. The van der Waals surface area contributed by atoms with E-state index in [-0.39, 0.29) is 35.4 Å². The second-order valence-electron chi connectivity index (χ2n) is 8.80.